The van der Waals surface area contributed by atoms with Crippen LogP contribution in [0.4, 0.5) is 0 Å². The molecule has 0 fully saturated rings. The van der Waals surface area contributed by atoms with Gasteiger partial charge in [0.2, 0.25) is 0 Å². The molecule has 0 radical (unpaired) electrons. The molecule has 1 nitrogen and oxygen atoms in total. The molecular formula is C17H19BrClN. The number of hydrogen-bond donors (Lipinski definition) is 1. The molecule has 0 aliphatic heterocycles. The summed E-state index contributed by atoms with van der Waals surface area (Å²) in [6.07, 6.45) is 2.25. The van der Waals surface area contributed by atoms with Crippen LogP contribution >= 0.6 is 27.5 Å². The van der Waals surface area contributed by atoms with Crippen molar-refractivity contribution < 1.29 is 0 Å². The van der Waals surface area contributed by atoms with Gasteiger partial charge in [0.1, 0.15) is 0 Å². The van der Waals surface area contributed by atoms with E-state index in [1.54, 1.807) is 0 Å². The Balaban J connectivity index is 1.77. The molecule has 0 amide bonds. The second kappa shape index (κ2) is 7.82. The second-order valence-electron chi connectivity index (χ2n) is 5.05. The first-order chi connectivity index (χ1) is 9.65. The average molecular weight is 353 g/mol. The van der Waals surface area contributed by atoms with Crippen LogP contribution in [0.1, 0.15) is 24.5 Å². The zero-order chi connectivity index (χ0) is 14.4. The van der Waals surface area contributed by atoms with Gasteiger partial charge in [-0.25, -0.2) is 0 Å². The lowest BCUT2D eigenvalue weighted by molar-refractivity contribution is 0.514. The summed E-state index contributed by atoms with van der Waals surface area (Å²) in [7, 11) is 0. The lowest BCUT2D eigenvalue weighted by atomic mass is 10.1. The normalized spacial score (nSPS) is 12.3. The molecule has 0 saturated carbocycles. The van der Waals surface area contributed by atoms with Crippen LogP contribution < -0.4 is 5.32 Å². The van der Waals surface area contributed by atoms with E-state index in [1.807, 2.05) is 6.07 Å². The molecule has 0 spiro atoms. The largest absolute Gasteiger partial charge is 0.310 e. The van der Waals surface area contributed by atoms with Gasteiger partial charge in [-0.3, -0.25) is 0 Å². The van der Waals surface area contributed by atoms with Crippen molar-refractivity contribution in [2.45, 2.75) is 32.4 Å². The lowest BCUT2D eigenvalue weighted by Gasteiger charge is -2.14. The van der Waals surface area contributed by atoms with E-state index in [9.17, 15) is 0 Å². The maximum Gasteiger partial charge on any atom is 0.0548 e. The zero-order valence-corrected chi connectivity index (χ0v) is 13.9. The van der Waals surface area contributed by atoms with Crippen molar-refractivity contribution >= 4 is 27.5 Å². The molecular weight excluding hydrogens is 334 g/mol. The minimum Gasteiger partial charge on any atom is -0.310 e. The zero-order valence-electron chi connectivity index (χ0n) is 11.6. The summed E-state index contributed by atoms with van der Waals surface area (Å²) >= 11 is 9.45. The Morgan fingerprint density at radius 2 is 1.85 bits per heavy atom. The van der Waals surface area contributed by atoms with Gasteiger partial charge in [0.25, 0.3) is 0 Å². The summed E-state index contributed by atoms with van der Waals surface area (Å²) in [5.41, 5.74) is 2.64. The maximum atomic E-state index is 5.99. The van der Waals surface area contributed by atoms with Gasteiger partial charge in [-0.1, -0.05) is 48.0 Å². The first-order valence-corrected chi connectivity index (χ1v) is 8.03. The monoisotopic (exact) mass is 351 g/mol. The van der Waals surface area contributed by atoms with E-state index in [0.29, 0.717) is 6.04 Å². The highest BCUT2D eigenvalue weighted by molar-refractivity contribution is 9.10. The Labute approximate surface area is 134 Å². The topological polar surface area (TPSA) is 12.0 Å². The fourth-order valence-electron chi connectivity index (χ4n) is 2.07. The third-order valence-electron chi connectivity index (χ3n) is 3.35. The summed E-state index contributed by atoms with van der Waals surface area (Å²) in [5, 5.41) is 4.31. The van der Waals surface area contributed by atoms with E-state index >= 15 is 0 Å². The highest BCUT2D eigenvalue weighted by atomic mass is 79.9. The smallest absolute Gasteiger partial charge is 0.0548 e. The van der Waals surface area contributed by atoms with Crippen molar-refractivity contribution in [3.63, 3.8) is 0 Å². The fraction of sp³-hybridized carbons (Fsp3) is 0.294. The fourth-order valence-corrected chi connectivity index (χ4v) is 2.62. The van der Waals surface area contributed by atoms with Crippen molar-refractivity contribution in [3.8, 4) is 0 Å². The van der Waals surface area contributed by atoms with Gasteiger partial charge in [0, 0.05) is 17.1 Å². The number of benzene rings is 2. The Morgan fingerprint density at radius 3 is 2.55 bits per heavy atom. The Morgan fingerprint density at radius 1 is 1.10 bits per heavy atom. The molecule has 0 aliphatic carbocycles. The molecule has 1 N–H and O–H groups in total. The molecule has 20 heavy (non-hydrogen) atoms. The van der Waals surface area contributed by atoms with Crippen LogP contribution in [-0.4, -0.2) is 6.04 Å². The van der Waals surface area contributed by atoms with Crippen LogP contribution in [0.5, 0.6) is 0 Å². The van der Waals surface area contributed by atoms with Crippen LogP contribution in [0.25, 0.3) is 0 Å². The molecule has 1 unspecified atom stereocenters. The lowest BCUT2D eigenvalue weighted by Crippen LogP contribution is -2.25. The summed E-state index contributed by atoms with van der Waals surface area (Å²) in [6, 6.07) is 17.2. The van der Waals surface area contributed by atoms with E-state index in [4.69, 9.17) is 11.6 Å². The molecule has 0 saturated heterocycles. The first kappa shape index (κ1) is 15.6. The van der Waals surface area contributed by atoms with Gasteiger partial charge >= 0.3 is 0 Å². The predicted octanol–water partition coefficient (Wildman–Crippen LogP) is 5.21. The van der Waals surface area contributed by atoms with E-state index < -0.39 is 0 Å². The first-order valence-electron chi connectivity index (χ1n) is 6.86. The van der Waals surface area contributed by atoms with Crippen LogP contribution in [0.3, 0.4) is 0 Å². The van der Waals surface area contributed by atoms with Crippen molar-refractivity contribution in [2.24, 2.45) is 0 Å². The summed E-state index contributed by atoms with van der Waals surface area (Å²) in [4.78, 5) is 0. The van der Waals surface area contributed by atoms with E-state index in [1.165, 1.54) is 11.1 Å². The van der Waals surface area contributed by atoms with E-state index in [2.05, 4.69) is 70.6 Å². The Kier molecular flexibility index (Phi) is 6.08. The average Bonchev–Trinajstić information content (AvgIpc) is 2.47. The van der Waals surface area contributed by atoms with Crippen LogP contribution in [-0.2, 0) is 13.0 Å². The van der Waals surface area contributed by atoms with Crippen LogP contribution in [0, 0.1) is 0 Å². The van der Waals surface area contributed by atoms with Gasteiger partial charge in [-0.2, -0.15) is 0 Å². The van der Waals surface area contributed by atoms with Crippen molar-refractivity contribution in [3.05, 3.63) is 69.2 Å². The van der Waals surface area contributed by atoms with Crippen LogP contribution in [0.15, 0.2) is 53.0 Å². The van der Waals surface area contributed by atoms with Gasteiger partial charge in [0.05, 0.1) is 5.02 Å². The van der Waals surface area contributed by atoms with Crippen molar-refractivity contribution in [1.82, 2.24) is 5.32 Å². The molecule has 2 rings (SSSR count). The van der Waals surface area contributed by atoms with Gasteiger partial charge in [0.15, 0.2) is 0 Å². The van der Waals surface area contributed by atoms with E-state index in [-0.39, 0.29) is 0 Å². The van der Waals surface area contributed by atoms with Crippen LogP contribution in [0.2, 0.25) is 5.02 Å². The Hall–Kier alpha value is -0.830. The number of rotatable bonds is 6. The molecule has 2 aromatic rings. The molecule has 0 bridgehead atoms. The SMILES string of the molecule is CC(CCc1ccccc1)NCc1ccc(Cl)c(Br)c1. The summed E-state index contributed by atoms with van der Waals surface area (Å²) in [5.74, 6) is 0. The quantitative estimate of drug-likeness (QED) is 0.752. The molecule has 0 heterocycles. The molecule has 2 aromatic carbocycles. The molecule has 0 aliphatic rings. The number of nitrogens with one attached hydrogen (secondary N) is 1. The number of halogens is 2. The molecule has 106 valence electrons. The van der Waals surface area contributed by atoms with E-state index in [0.717, 1.165) is 28.9 Å². The number of hydrogen-bond acceptors (Lipinski definition) is 1. The predicted molar refractivity (Wildman–Crippen MR) is 90.2 cm³/mol. The Bertz CT molecular complexity index is 542. The standard InChI is InChI=1S/C17H19BrClN/c1-13(7-8-14-5-3-2-4-6-14)20-12-15-9-10-17(19)16(18)11-15/h2-6,9-11,13,20H,7-8,12H2,1H3. The second-order valence-corrected chi connectivity index (χ2v) is 6.32. The molecule has 1 atom stereocenters. The minimum absolute atomic E-state index is 0.490. The molecule has 0 aromatic heterocycles. The maximum absolute atomic E-state index is 5.99. The molecule has 3 heteroatoms. The number of aryl methyl sites for hydroxylation is 1. The third kappa shape index (κ3) is 4.93. The summed E-state index contributed by atoms with van der Waals surface area (Å²) < 4.78 is 0.954. The third-order valence-corrected chi connectivity index (χ3v) is 4.56. The highest BCUT2D eigenvalue weighted by Gasteiger charge is 2.04. The highest BCUT2D eigenvalue weighted by Crippen LogP contribution is 2.23. The van der Waals surface area contributed by atoms with Gasteiger partial charge in [-0.15, -0.1) is 0 Å². The van der Waals surface area contributed by atoms with Gasteiger partial charge < -0.3 is 5.32 Å². The van der Waals surface area contributed by atoms with Gasteiger partial charge in [-0.05, 0) is 59.0 Å². The minimum atomic E-state index is 0.490. The van der Waals surface area contributed by atoms with Crippen molar-refractivity contribution in [1.29, 1.82) is 0 Å². The summed E-state index contributed by atoms with van der Waals surface area (Å²) in [6.45, 7) is 3.10. The van der Waals surface area contributed by atoms with Crippen molar-refractivity contribution in [2.75, 3.05) is 0 Å².